The minimum Gasteiger partial charge on any atom is -0.387 e. The van der Waals surface area contributed by atoms with Gasteiger partial charge in [-0.05, 0) is 44.5 Å². The van der Waals surface area contributed by atoms with Gasteiger partial charge in [-0.25, -0.2) is 19.3 Å². The first-order chi connectivity index (χ1) is 13.5. The third-order valence-corrected chi connectivity index (χ3v) is 4.83. The lowest BCUT2D eigenvalue weighted by Gasteiger charge is -2.21. The summed E-state index contributed by atoms with van der Waals surface area (Å²) in [6.45, 7) is 6.22. The Morgan fingerprint density at radius 1 is 1.36 bits per heavy atom. The zero-order valence-corrected chi connectivity index (χ0v) is 17.8. The number of likely N-dealkylation sites (N-methyl/N-ethyl adjacent to an activating group) is 1. The summed E-state index contributed by atoms with van der Waals surface area (Å²) in [6, 6.07) is 1.88. The highest BCUT2D eigenvalue weighted by Gasteiger charge is 2.22. The van der Waals surface area contributed by atoms with Crippen LogP contribution in [-0.4, -0.2) is 66.6 Å². The first-order valence-corrected chi connectivity index (χ1v) is 10.1. The Balaban J connectivity index is 2.25. The van der Waals surface area contributed by atoms with Gasteiger partial charge < -0.3 is 10.5 Å². The molecule has 154 valence electrons. The zero-order valence-electron chi connectivity index (χ0n) is 17.0. The van der Waals surface area contributed by atoms with E-state index in [-0.39, 0.29) is 12.3 Å². The van der Waals surface area contributed by atoms with E-state index in [0.717, 1.165) is 23.6 Å². The number of nitrogens with zero attached hydrogens (tertiary/aromatic N) is 4. The number of carbonyl (C=O) groups is 1. The predicted octanol–water partition coefficient (Wildman–Crippen LogP) is 2.63. The third-order valence-electron chi connectivity index (χ3n) is 3.92. The van der Waals surface area contributed by atoms with Crippen LogP contribution in [0.4, 0.5) is 5.69 Å². The highest BCUT2D eigenvalue weighted by molar-refractivity contribution is 7.96. The summed E-state index contributed by atoms with van der Waals surface area (Å²) in [5.74, 6) is 0.202. The Kier molecular flexibility index (Phi) is 8.91. The van der Waals surface area contributed by atoms with Crippen molar-refractivity contribution >= 4 is 35.5 Å². The van der Waals surface area contributed by atoms with Gasteiger partial charge in [-0.15, -0.1) is 0 Å². The molecule has 0 atom stereocenters. The van der Waals surface area contributed by atoms with Gasteiger partial charge in [-0.3, -0.25) is 9.63 Å². The van der Waals surface area contributed by atoms with Gasteiger partial charge in [0.2, 0.25) is 0 Å². The van der Waals surface area contributed by atoms with Crippen molar-refractivity contribution in [2.45, 2.75) is 31.7 Å². The molecule has 2 rings (SSSR count). The molecule has 0 bridgehead atoms. The second-order valence-electron chi connectivity index (χ2n) is 6.29. The number of nitrogens with two attached hydrogens (primary N) is 1. The Bertz CT molecular complexity index is 732. The van der Waals surface area contributed by atoms with Crippen molar-refractivity contribution in [3.05, 3.63) is 23.4 Å². The second-order valence-corrected chi connectivity index (χ2v) is 7.52. The number of amidine groups is 1. The van der Waals surface area contributed by atoms with E-state index in [1.54, 1.807) is 19.4 Å². The zero-order chi connectivity index (χ0) is 20.5. The molecule has 0 radical (unpaired) electrons. The molecule has 1 aliphatic rings. The van der Waals surface area contributed by atoms with E-state index in [9.17, 15) is 4.79 Å². The highest BCUT2D eigenvalue weighted by Crippen LogP contribution is 2.30. The SMILES string of the molecule is CCCN(OCC)C(=O)C1=Cc2cnc(SN(C)CCOC)cc2N=C(N)C1. The molecule has 2 N–H and O–H groups in total. The third kappa shape index (κ3) is 6.30. The van der Waals surface area contributed by atoms with Crippen LogP contribution in [-0.2, 0) is 14.4 Å². The molecule has 0 aliphatic carbocycles. The number of fused-ring (bicyclic) bond motifs is 1. The maximum absolute atomic E-state index is 12.9. The monoisotopic (exact) mass is 407 g/mol. The number of aliphatic imine (C=N–C) groups is 1. The number of aromatic nitrogens is 1. The maximum Gasteiger partial charge on any atom is 0.273 e. The summed E-state index contributed by atoms with van der Waals surface area (Å²) in [5.41, 5.74) is 8.10. The number of rotatable bonds is 10. The Hall–Kier alpha value is -1.94. The summed E-state index contributed by atoms with van der Waals surface area (Å²) in [5, 5.41) is 2.20. The summed E-state index contributed by atoms with van der Waals surface area (Å²) in [6.07, 6.45) is 4.61. The molecule has 2 heterocycles. The molecular formula is C19H29N5O3S. The fourth-order valence-electron chi connectivity index (χ4n) is 2.63. The van der Waals surface area contributed by atoms with E-state index >= 15 is 0 Å². The topological polar surface area (TPSA) is 93.3 Å². The highest BCUT2D eigenvalue weighted by atomic mass is 32.2. The molecule has 1 amide bonds. The number of hydrogen-bond donors (Lipinski definition) is 1. The fourth-order valence-corrected chi connectivity index (χ4v) is 3.38. The summed E-state index contributed by atoms with van der Waals surface area (Å²) < 4.78 is 7.13. The standard InChI is InChI=1S/C19H29N5O3S/c1-5-7-24(27-6-2)19(25)14-10-15-13-21-18(28-23(3)8-9-26-4)12-16(15)22-17(20)11-14/h10,12-13H,5-9,11H2,1-4H3,(H2,20,22). The maximum atomic E-state index is 12.9. The lowest BCUT2D eigenvalue weighted by Crippen LogP contribution is -2.34. The van der Waals surface area contributed by atoms with Crippen LogP contribution >= 0.6 is 11.9 Å². The molecule has 1 aromatic rings. The van der Waals surface area contributed by atoms with E-state index < -0.39 is 0 Å². The molecule has 9 heteroatoms. The fraction of sp³-hybridized carbons (Fsp3) is 0.526. The van der Waals surface area contributed by atoms with Crippen molar-refractivity contribution in [1.82, 2.24) is 14.4 Å². The number of carbonyl (C=O) groups excluding carboxylic acids is 1. The number of hydroxylamine groups is 2. The Morgan fingerprint density at radius 2 is 2.14 bits per heavy atom. The average molecular weight is 408 g/mol. The lowest BCUT2D eigenvalue weighted by molar-refractivity contribution is -0.180. The summed E-state index contributed by atoms with van der Waals surface area (Å²) >= 11 is 1.51. The van der Waals surface area contributed by atoms with Crippen LogP contribution in [0.5, 0.6) is 0 Å². The molecule has 0 fully saturated rings. The summed E-state index contributed by atoms with van der Waals surface area (Å²) in [7, 11) is 3.65. The Labute approximate surface area is 170 Å². The molecule has 0 spiro atoms. The van der Waals surface area contributed by atoms with Crippen molar-refractivity contribution < 1.29 is 14.4 Å². The van der Waals surface area contributed by atoms with Crippen LogP contribution in [0.2, 0.25) is 0 Å². The number of pyridine rings is 1. The van der Waals surface area contributed by atoms with Gasteiger partial charge in [-0.2, -0.15) is 0 Å². The molecule has 1 aliphatic heterocycles. The van der Waals surface area contributed by atoms with E-state index in [0.29, 0.717) is 36.9 Å². The second kappa shape index (κ2) is 11.2. The van der Waals surface area contributed by atoms with Crippen LogP contribution in [0.15, 0.2) is 27.9 Å². The number of ether oxygens (including phenoxy) is 1. The van der Waals surface area contributed by atoms with Gasteiger partial charge in [0.05, 0.1) is 18.9 Å². The quantitative estimate of drug-likeness (QED) is 0.471. The van der Waals surface area contributed by atoms with Gasteiger partial charge in [0.15, 0.2) is 0 Å². The van der Waals surface area contributed by atoms with Crippen LogP contribution in [0.3, 0.4) is 0 Å². The van der Waals surface area contributed by atoms with Crippen molar-refractivity contribution in [1.29, 1.82) is 0 Å². The molecule has 8 nitrogen and oxygen atoms in total. The largest absolute Gasteiger partial charge is 0.387 e. The van der Waals surface area contributed by atoms with Crippen molar-refractivity contribution in [3.63, 3.8) is 0 Å². The van der Waals surface area contributed by atoms with Crippen LogP contribution in [0.25, 0.3) is 6.08 Å². The number of amides is 1. The molecule has 28 heavy (non-hydrogen) atoms. The first-order valence-electron chi connectivity index (χ1n) is 9.34. The van der Waals surface area contributed by atoms with Crippen molar-refractivity contribution in [2.24, 2.45) is 10.7 Å². The van der Waals surface area contributed by atoms with Crippen LogP contribution < -0.4 is 5.73 Å². The van der Waals surface area contributed by atoms with Gasteiger partial charge in [-0.1, -0.05) is 6.92 Å². The first kappa shape index (κ1) is 22.4. The van der Waals surface area contributed by atoms with Crippen LogP contribution in [0, 0.1) is 0 Å². The normalized spacial score (nSPS) is 13.6. The molecule has 0 unspecified atom stereocenters. The number of methoxy groups -OCH3 is 1. The minimum absolute atomic E-state index is 0.188. The van der Waals surface area contributed by atoms with E-state index in [2.05, 4.69) is 9.98 Å². The van der Waals surface area contributed by atoms with E-state index in [1.165, 1.54) is 17.0 Å². The smallest absolute Gasteiger partial charge is 0.273 e. The molecule has 0 saturated carbocycles. The molecule has 0 saturated heterocycles. The van der Waals surface area contributed by atoms with E-state index in [1.807, 2.05) is 31.3 Å². The predicted molar refractivity (Wildman–Crippen MR) is 112 cm³/mol. The molecule has 1 aromatic heterocycles. The minimum atomic E-state index is -0.188. The van der Waals surface area contributed by atoms with Crippen molar-refractivity contribution in [3.8, 4) is 0 Å². The van der Waals surface area contributed by atoms with Gasteiger partial charge in [0.25, 0.3) is 5.91 Å². The molecule has 0 aromatic carbocycles. The van der Waals surface area contributed by atoms with Crippen molar-refractivity contribution in [2.75, 3.05) is 40.5 Å². The molecular weight excluding hydrogens is 378 g/mol. The Morgan fingerprint density at radius 3 is 2.82 bits per heavy atom. The average Bonchev–Trinajstić information content (AvgIpc) is 2.83. The summed E-state index contributed by atoms with van der Waals surface area (Å²) in [4.78, 5) is 27.3. The number of hydrogen-bond acceptors (Lipinski definition) is 8. The van der Waals surface area contributed by atoms with Crippen LogP contribution in [0.1, 0.15) is 32.3 Å². The van der Waals surface area contributed by atoms with Gasteiger partial charge in [0.1, 0.15) is 10.9 Å². The lowest BCUT2D eigenvalue weighted by atomic mass is 10.1. The van der Waals surface area contributed by atoms with Gasteiger partial charge in [0, 0.05) is 44.0 Å². The van der Waals surface area contributed by atoms with Gasteiger partial charge >= 0.3 is 0 Å². The van der Waals surface area contributed by atoms with E-state index in [4.69, 9.17) is 15.3 Å².